The van der Waals surface area contributed by atoms with Crippen LogP contribution in [0.3, 0.4) is 0 Å². The van der Waals surface area contributed by atoms with Crippen LogP contribution in [0.5, 0.6) is 5.75 Å². The second-order valence-electron chi connectivity index (χ2n) is 2.90. The molecule has 0 saturated carbocycles. The van der Waals surface area contributed by atoms with Gasteiger partial charge in [-0.05, 0) is 0 Å². The number of benzene rings is 1. The minimum atomic E-state index is -1.23. The monoisotopic (exact) mass is 262 g/mol. The normalized spacial score (nSPS) is 11.6. The van der Waals surface area contributed by atoms with Gasteiger partial charge < -0.3 is 4.74 Å². The third-order valence-corrected chi connectivity index (χ3v) is 1.95. The molecule has 0 aliphatic rings. The minimum absolute atomic E-state index is 0.355. The van der Waals surface area contributed by atoms with Gasteiger partial charge >= 0.3 is 5.69 Å². The van der Waals surface area contributed by atoms with E-state index in [2.05, 4.69) is 0 Å². The lowest BCUT2D eigenvalue weighted by molar-refractivity contribution is -0.387. The summed E-state index contributed by atoms with van der Waals surface area (Å²) in [5.74, 6) is -2.86. The van der Waals surface area contributed by atoms with Crippen molar-refractivity contribution < 1.29 is 18.4 Å². The van der Waals surface area contributed by atoms with Crippen molar-refractivity contribution in [2.24, 2.45) is 0 Å². The first-order valence-corrected chi connectivity index (χ1v) is 4.69. The average molecular weight is 263 g/mol. The highest BCUT2D eigenvalue weighted by molar-refractivity contribution is 6.22. The molecule has 0 radical (unpaired) electrons. The van der Waals surface area contributed by atoms with E-state index in [0.717, 1.165) is 0 Å². The molecule has 90 valence electrons. The van der Waals surface area contributed by atoms with Crippen LogP contribution >= 0.6 is 11.6 Å². The fraction of sp³-hybridized carbons (Fsp3) is 0.222. The molecule has 8 heteroatoms. The maximum atomic E-state index is 13.2. The van der Waals surface area contributed by atoms with Crippen LogP contribution in [0.4, 0.5) is 14.5 Å². The van der Waals surface area contributed by atoms with Gasteiger partial charge in [-0.1, -0.05) is 0 Å². The number of hydrogen-bond acceptors (Lipinski definition) is 4. The molecule has 0 aliphatic carbocycles. The van der Waals surface area contributed by atoms with Crippen LogP contribution in [0.25, 0.3) is 0 Å². The lowest BCUT2D eigenvalue weighted by Crippen LogP contribution is -2.10. The smallest absolute Gasteiger partial charge is 0.307 e. The quantitative estimate of drug-likeness (QED) is 0.474. The highest BCUT2D eigenvalue weighted by Crippen LogP contribution is 2.26. The van der Waals surface area contributed by atoms with E-state index in [0.29, 0.717) is 12.1 Å². The molecule has 0 bridgehead atoms. The summed E-state index contributed by atoms with van der Waals surface area (Å²) in [7, 11) is 0. The van der Waals surface area contributed by atoms with Gasteiger partial charge in [-0.25, -0.2) is 4.39 Å². The molecule has 0 saturated heterocycles. The number of rotatable bonds is 4. The lowest BCUT2D eigenvalue weighted by atomic mass is 10.3. The number of nitriles is 1. The number of nitrogens with zero attached hydrogens (tertiary/aromatic N) is 2. The van der Waals surface area contributed by atoms with Crippen LogP contribution in [0.1, 0.15) is 0 Å². The molecule has 1 rings (SSSR count). The Morgan fingerprint density at radius 1 is 1.53 bits per heavy atom. The van der Waals surface area contributed by atoms with E-state index in [4.69, 9.17) is 21.6 Å². The summed E-state index contributed by atoms with van der Waals surface area (Å²) in [4.78, 5) is 9.24. The molecule has 1 atom stereocenters. The summed E-state index contributed by atoms with van der Waals surface area (Å²) in [5.41, 5.74) is -0.988. The minimum Gasteiger partial charge on any atom is -0.488 e. The molecule has 1 aromatic rings. The van der Waals surface area contributed by atoms with E-state index < -0.39 is 33.4 Å². The first-order chi connectivity index (χ1) is 7.95. The van der Waals surface area contributed by atoms with E-state index in [9.17, 15) is 18.9 Å². The zero-order valence-corrected chi connectivity index (χ0v) is 8.95. The molecule has 0 heterocycles. The zero-order chi connectivity index (χ0) is 13.0. The van der Waals surface area contributed by atoms with Crippen LogP contribution < -0.4 is 4.74 Å². The van der Waals surface area contributed by atoms with Crippen molar-refractivity contribution in [3.05, 3.63) is 33.9 Å². The van der Waals surface area contributed by atoms with Crippen LogP contribution in [0, 0.1) is 33.1 Å². The number of ether oxygens (including phenoxy) is 1. The second kappa shape index (κ2) is 5.41. The van der Waals surface area contributed by atoms with Crippen LogP contribution in [0.2, 0.25) is 0 Å². The Morgan fingerprint density at radius 3 is 2.71 bits per heavy atom. The van der Waals surface area contributed by atoms with Gasteiger partial charge in [0.1, 0.15) is 6.61 Å². The number of halogens is 3. The largest absolute Gasteiger partial charge is 0.488 e. The number of alkyl halides is 1. The van der Waals surface area contributed by atoms with E-state index >= 15 is 0 Å². The maximum Gasteiger partial charge on any atom is 0.307 e. The average Bonchev–Trinajstić information content (AvgIpc) is 2.28. The fourth-order valence-electron chi connectivity index (χ4n) is 0.969. The molecular formula is C9H5ClF2N2O3. The highest BCUT2D eigenvalue weighted by atomic mass is 35.5. The third kappa shape index (κ3) is 3.26. The Labute approximate surface area is 99.3 Å². The van der Waals surface area contributed by atoms with Gasteiger partial charge in [0.25, 0.3) is 0 Å². The van der Waals surface area contributed by atoms with Gasteiger partial charge in [0.2, 0.25) is 5.82 Å². The van der Waals surface area contributed by atoms with E-state index in [1.165, 1.54) is 0 Å². The van der Waals surface area contributed by atoms with Crippen LogP contribution in [0.15, 0.2) is 12.1 Å². The van der Waals surface area contributed by atoms with Crippen molar-refractivity contribution in [2.75, 3.05) is 6.61 Å². The van der Waals surface area contributed by atoms with Gasteiger partial charge in [-0.3, -0.25) is 10.1 Å². The molecule has 0 aliphatic heterocycles. The number of nitro groups is 1. The summed E-state index contributed by atoms with van der Waals surface area (Å²) >= 11 is 5.38. The maximum absolute atomic E-state index is 13.2. The van der Waals surface area contributed by atoms with Crippen LogP contribution in [-0.2, 0) is 0 Å². The summed E-state index contributed by atoms with van der Waals surface area (Å²) in [6.07, 6.45) is 0. The molecule has 0 aromatic heterocycles. The zero-order valence-electron chi connectivity index (χ0n) is 8.19. The Kier molecular flexibility index (Phi) is 4.17. The van der Waals surface area contributed by atoms with Gasteiger partial charge in [-0.15, -0.1) is 11.6 Å². The number of nitro benzene ring substituents is 1. The summed E-state index contributed by atoms with van der Waals surface area (Å²) in [6.45, 7) is -0.355. The summed E-state index contributed by atoms with van der Waals surface area (Å²) in [5, 5.41) is 17.6. The van der Waals surface area contributed by atoms with Crippen molar-refractivity contribution in [3.8, 4) is 11.8 Å². The molecule has 0 fully saturated rings. The molecule has 1 aromatic carbocycles. The van der Waals surface area contributed by atoms with E-state index in [-0.39, 0.29) is 6.61 Å². The third-order valence-electron chi connectivity index (χ3n) is 1.72. The Morgan fingerprint density at radius 2 is 2.18 bits per heavy atom. The van der Waals surface area contributed by atoms with Crippen LogP contribution in [-0.4, -0.2) is 16.9 Å². The van der Waals surface area contributed by atoms with Gasteiger partial charge in [0.05, 0.1) is 17.1 Å². The Balaban J connectivity index is 2.93. The summed E-state index contributed by atoms with van der Waals surface area (Å²) < 4.78 is 31.0. The molecule has 17 heavy (non-hydrogen) atoms. The predicted molar refractivity (Wildman–Crippen MR) is 53.8 cm³/mol. The molecule has 1 unspecified atom stereocenters. The van der Waals surface area contributed by atoms with Crippen molar-refractivity contribution >= 4 is 17.3 Å². The SMILES string of the molecule is N#CC(Cl)COc1cc(F)c([N+](=O)[O-])cc1F. The topological polar surface area (TPSA) is 76.2 Å². The highest BCUT2D eigenvalue weighted by Gasteiger charge is 2.19. The summed E-state index contributed by atoms with van der Waals surface area (Å²) in [6, 6.07) is 2.55. The Hall–Kier alpha value is -1.94. The first-order valence-electron chi connectivity index (χ1n) is 4.25. The Bertz CT molecular complexity index is 490. The standard InChI is InChI=1S/C9H5ClF2N2O3/c10-5(3-13)4-17-9-2-6(11)8(14(15)16)1-7(9)12/h1-2,5H,4H2. The van der Waals surface area contributed by atoms with Crippen molar-refractivity contribution in [1.82, 2.24) is 0 Å². The molecule has 0 amide bonds. The molecular weight excluding hydrogens is 258 g/mol. The molecule has 0 N–H and O–H groups in total. The van der Waals surface area contributed by atoms with E-state index in [1.807, 2.05) is 0 Å². The molecule has 5 nitrogen and oxygen atoms in total. The first kappa shape index (κ1) is 13.1. The second-order valence-corrected chi connectivity index (χ2v) is 3.43. The van der Waals surface area contributed by atoms with Crippen molar-refractivity contribution in [3.63, 3.8) is 0 Å². The van der Waals surface area contributed by atoms with E-state index in [1.54, 1.807) is 6.07 Å². The van der Waals surface area contributed by atoms with Crippen molar-refractivity contribution in [1.29, 1.82) is 5.26 Å². The van der Waals surface area contributed by atoms with Gasteiger partial charge in [0.15, 0.2) is 16.9 Å². The molecule has 0 spiro atoms. The number of hydrogen-bond donors (Lipinski definition) is 0. The van der Waals surface area contributed by atoms with Gasteiger partial charge in [0, 0.05) is 6.07 Å². The lowest BCUT2D eigenvalue weighted by Gasteiger charge is -2.07. The fourth-order valence-corrected chi connectivity index (χ4v) is 1.03. The van der Waals surface area contributed by atoms with Gasteiger partial charge in [-0.2, -0.15) is 9.65 Å². The van der Waals surface area contributed by atoms with Crippen molar-refractivity contribution in [2.45, 2.75) is 5.38 Å². The predicted octanol–water partition coefficient (Wildman–Crippen LogP) is 2.38.